The van der Waals surface area contributed by atoms with Crippen molar-refractivity contribution >= 4 is 5.91 Å². The maximum absolute atomic E-state index is 13.4. The number of carbonyl (C=O) groups is 1. The van der Waals surface area contributed by atoms with Crippen molar-refractivity contribution in [3.63, 3.8) is 0 Å². The number of hydrogen-bond donors (Lipinski definition) is 4. The summed E-state index contributed by atoms with van der Waals surface area (Å²) in [6, 6.07) is 17.6. The topological polar surface area (TPSA) is 116 Å². The van der Waals surface area contributed by atoms with E-state index >= 15 is 0 Å². The van der Waals surface area contributed by atoms with Gasteiger partial charge in [0.05, 0.1) is 17.7 Å². The number of imidazole rings is 1. The van der Waals surface area contributed by atoms with Crippen LogP contribution in [0.2, 0.25) is 0 Å². The molecule has 0 bridgehead atoms. The van der Waals surface area contributed by atoms with Gasteiger partial charge in [0.2, 0.25) is 11.8 Å². The molecular weight excluding hydrogens is 560 g/mol. The number of hydrogen-bond acceptors (Lipinski definition) is 5. The summed E-state index contributed by atoms with van der Waals surface area (Å²) < 4.78 is 86.6. The summed E-state index contributed by atoms with van der Waals surface area (Å²) in [4.78, 5) is 29.2. The number of ether oxygens (including phenoxy) is 2. The van der Waals surface area contributed by atoms with Crippen LogP contribution in [0, 0.1) is 0 Å². The van der Waals surface area contributed by atoms with Crippen molar-refractivity contribution in [2.75, 3.05) is 0 Å². The number of H-pyrrole nitrogens is 2. The molecule has 0 saturated carbocycles. The number of aromatic nitrogens is 2. The first-order valence-corrected chi connectivity index (χ1v) is 11.8. The maximum Gasteiger partial charge on any atom is 0.573 e. The summed E-state index contributed by atoms with van der Waals surface area (Å²) in [5.74, 6) is -2.73. The number of alkyl halides is 6. The molecule has 4 N–H and O–H groups in total. The number of amides is 1. The summed E-state index contributed by atoms with van der Waals surface area (Å²) in [5.41, 5.74) is -2.20. The fourth-order valence-corrected chi connectivity index (χ4v) is 4.36. The Morgan fingerprint density at radius 1 is 0.780 bits per heavy atom. The van der Waals surface area contributed by atoms with Crippen LogP contribution < -0.4 is 20.5 Å². The first kappa shape index (κ1) is 29.1. The zero-order chi connectivity index (χ0) is 29.8. The third kappa shape index (κ3) is 7.62. The molecule has 0 atom stereocenters. The maximum atomic E-state index is 13.4. The van der Waals surface area contributed by atoms with Gasteiger partial charge in [0.25, 0.3) is 0 Å². The number of benzene rings is 3. The number of halogens is 6. The van der Waals surface area contributed by atoms with Crippen LogP contribution in [0.3, 0.4) is 0 Å². The average molecular weight is 581 g/mol. The van der Waals surface area contributed by atoms with Crippen molar-refractivity contribution < 1.29 is 45.7 Å². The van der Waals surface area contributed by atoms with Gasteiger partial charge in [-0.25, -0.2) is 4.79 Å². The Morgan fingerprint density at radius 2 is 1.32 bits per heavy atom. The highest BCUT2D eigenvalue weighted by Crippen LogP contribution is 2.38. The number of aromatic amines is 2. The zero-order valence-corrected chi connectivity index (χ0v) is 20.8. The van der Waals surface area contributed by atoms with Crippen LogP contribution in [-0.2, 0) is 23.2 Å². The summed E-state index contributed by atoms with van der Waals surface area (Å²) in [6.07, 6.45) is -10.9. The standard InChI is InChI=1S/C27H21F6N3O5/c28-26(29,30)40-19-10-4-8-17(12-19)25(15-16-6-2-1-3-7-16,18-9-5-11-20(13-18)41-27(31,32)33)36-22(37)14-21-23(38)35-24(39)34-21/h1-13,38H,14-15H2,(H,36,37)(H2,34,35,39). The van der Waals surface area contributed by atoms with E-state index in [-0.39, 0.29) is 23.2 Å². The van der Waals surface area contributed by atoms with Crippen molar-refractivity contribution in [1.82, 2.24) is 15.3 Å². The molecule has 0 aliphatic rings. The normalized spacial score (nSPS) is 12.1. The molecule has 1 aromatic heterocycles. The second kappa shape index (κ2) is 11.3. The molecule has 0 saturated heterocycles. The van der Waals surface area contributed by atoms with Gasteiger partial charge in [0.15, 0.2) is 0 Å². The molecule has 1 heterocycles. The lowest BCUT2D eigenvalue weighted by Gasteiger charge is -2.37. The van der Waals surface area contributed by atoms with E-state index in [4.69, 9.17) is 0 Å². The molecule has 216 valence electrons. The largest absolute Gasteiger partial charge is 0.573 e. The summed E-state index contributed by atoms with van der Waals surface area (Å²) in [5, 5.41) is 12.6. The second-order valence-corrected chi connectivity index (χ2v) is 8.85. The van der Waals surface area contributed by atoms with E-state index in [0.717, 1.165) is 24.3 Å². The van der Waals surface area contributed by atoms with E-state index in [0.29, 0.717) is 5.56 Å². The monoisotopic (exact) mass is 581 g/mol. The smallest absolute Gasteiger partial charge is 0.493 e. The fourth-order valence-electron chi connectivity index (χ4n) is 4.36. The van der Waals surface area contributed by atoms with Gasteiger partial charge in [0, 0.05) is 6.42 Å². The molecule has 1 amide bonds. The summed E-state index contributed by atoms with van der Waals surface area (Å²) >= 11 is 0. The minimum absolute atomic E-state index is 0.0207. The molecule has 0 aliphatic heterocycles. The molecule has 0 unspecified atom stereocenters. The predicted octanol–water partition coefficient (Wildman–Crippen LogP) is 5.05. The van der Waals surface area contributed by atoms with Crippen molar-refractivity contribution in [3.8, 4) is 17.4 Å². The molecule has 3 aromatic carbocycles. The molecule has 0 fully saturated rings. The molecule has 4 rings (SSSR count). The molecular formula is C27H21F6N3O5. The predicted molar refractivity (Wildman–Crippen MR) is 132 cm³/mol. The Labute approximate surface area is 227 Å². The van der Waals surface area contributed by atoms with Crippen LogP contribution in [-0.4, -0.2) is 33.7 Å². The van der Waals surface area contributed by atoms with Gasteiger partial charge < -0.3 is 24.9 Å². The van der Waals surface area contributed by atoms with Crippen LogP contribution in [0.1, 0.15) is 22.4 Å². The van der Waals surface area contributed by atoms with Gasteiger partial charge in [-0.2, -0.15) is 0 Å². The Morgan fingerprint density at radius 3 is 1.78 bits per heavy atom. The lowest BCUT2D eigenvalue weighted by molar-refractivity contribution is -0.275. The van der Waals surface area contributed by atoms with E-state index in [9.17, 15) is 41.0 Å². The van der Waals surface area contributed by atoms with E-state index < -0.39 is 53.7 Å². The number of carbonyl (C=O) groups excluding carboxylic acids is 1. The Bertz CT molecular complexity index is 1500. The zero-order valence-electron chi connectivity index (χ0n) is 20.8. The van der Waals surface area contributed by atoms with Crippen molar-refractivity contribution in [1.29, 1.82) is 0 Å². The first-order valence-electron chi connectivity index (χ1n) is 11.8. The molecule has 0 spiro atoms. The number of rotatable bonds is 9. The van der Waals surface area contributed by atoms with Gasteiger partial charge in [-0.3, -0.25) is 9.78 Å². The highest BCUT2D eigenvalue weighted by atomic mass is 19.4. The third-order valence-corrected chi connectivity index (χ3v) is 5.91. The fraction of sp³-hybridized carbons (Fsp3) is 0.185. The lowest BCUT2D eigenvalue weighted by atomic mass is 9.77. The van der Waals surface area contributed by atoms with Gasteiger partial charge in [-0.15, -0.1) is 26.3 Å². The Kier molecular flexibility index (Phi) is 8.03. The first-order chi connectivity index (χ1) is 19.2. The van der Waals surface area contributed by atoms with Crippen LogP contribution in [0.4, 0.5) is 26.3 Å². The SMILES string of the molecule is O=C(Cc1[nH]c(=O)[nH]c1O)NC(Cc1ccccc1)(c1cccc(OC(F)(F)F)c1)c1cccc(OC(F)(F)F)c1. The van der Waals surface area contributed by atoms with Crippen LogP contribution in [0.15, 0.2) is 83.7 Å². The van der Waals surface area contributed by atoms with Crippen molar-refractivity contribution in [3.05, 3.63) is 112 Å². The Hall–Kier alpha value is -4.88. The van der Waals surface area contributed by atoms with Gasteiger partial charge in [-0.05, 0) is 41.0 Å². The van der Waals surface area contributed by atoms with E-state index in [1.54, 1.807) is 30.3 Å². The van der Waals surface area contributed by atoms with E-state index in [2.05, 4.69) is 24.8 Å². The molecule has 14 heteroatoms. The molecule has 41 heavy (non-hydrogen) atoms. The highest BCUT2D eigenvalue weighted by Gasteiger charge is 2.39. The van der Waals surface area contributed by atoms with Crippen LogP contribution in [0.25, 0.3) is 0 Å². The minimum Gasteiger partial charge on any atom is -0.493 e. The third-order valence-electron chi connectivity index (χ3n) is 5.91. The van der Waals surface area contributed by atoms with Gasteiger partial charge in [-0.1, -0.05) is 54.6 Å². The lowest BCUT2D eigenvalue weighted by Crippen LogP contribution is -2.49. The molecule has 4 aromatic rings. The van der Waals surface area contributed by atoms with Crippen LogP contribution >= 0.6 is 0 Å². The molecule has 8 nitrogen and oxygen atoms in total. The van der Waals surface area contributed by atoms with E-state index in [1.807, 2.05) is 0 Å². The van der Waals surface area contributed by atoms with Gasteiger partial charge in [0.1, 0.15) is 11.5 Å². The Balaban J connectivity index is 1.90. The summed E-state index contributed by atoms with van der Waals surface area (Å²) in [6.45, 7) is 0. The quantitative estimate of drug-likeness (QED) is 0.207. The number of aromatic hydroxyl groups is 1. The van der Waals surface area contributed by atoms with E-state index in [1.165, 1.54) is 24.3 Å². The minimum atomic E-state index is -5.05. The highest BCUT2D eigenvalue weighted by molar-refractivity contribution is 5.80. The average Bonchev–Trinajstić information content (AvgIpc) is 3.18. The van der Waals surface area contributed by atoms with Crippen molar-refractivity contribution in [2.45, 2.75) is 31.1 Å². The van der Waals surface area contributed by atoms with Gasteiger partial charge >= 0.3 is 18.4 Å². The summed E-state index contributed by atoms with van der Waals surface area (Å²) in [7, 11) is 0. The molecule has 0 radical (unpaired) electrons. The van der Waals surface area contributed by atoms with Crippen LogP contribution in [0.5, 0.6) is 17.4 Å². The number of nitrogens with one attached hydrogen (secondary N) is 3. The second-order valence-electron chi connectivity index (χ2n) is 8.85. The molecule has 0 aliphatic carbocycles. The van der Waals surface area contributed by atoms with Crippen molar-refractivity contribution in [2.24, 2.45) is 0 Å².